The van der Waals surface area contributed by atoms with Gasteiger partial charge in [-0.3, -0.25) is 5.32 Å². The lowest BCUT2D eigenvalue weighted by molar-refractivity contribution is 0.0484. The Bertz CT molecular complexity index is 123. The van der Waals surface area contributed by atoms with Crippen molar-refractivity contribution in [3.63, 3.8) is 0 Å². The largest absolute Gasteiger partial charge is 0.361 e. The summed E-state index contributed by atoms with van der Waals surface area (Å²) in [5, 5.41) is 3.52. The van der Waals surface area contributed by atoms with Gasteiger partial charge in [0.25, 0.3) is 0 Å². The Morgan fingerprint density at radius 3 is 2.42 bits per heavy atom. The average molecular weight is 171 g/mol. The molecule has 0 spiro atoms. The van der Waals surface area contributed by atoms with Crippen LogP contribution in [0.4, 0.5) is 0 Å². The van der Waals surface area contributed by atoms with Crippen LogP contribution in [0.1, 0.15) is 40.0 Å². The van der Waals surface area contributed by atoms with E-state index in [4.69, 9.17) is 4.74 Å². The molecule has 2 atom stereocenters. The zero-order valence-electron chi connectivity index (χ0n) is 8.47. The molecule has 0 aromatic carbocycles. The first-order chi connectivity index (χ1) is 5.81. The van der Waals surface area contributed by atoms with Crippen molar-refractivity contribution in [2.24, 2.45) is 5.92 Å². The molecule has 1 aliphatic heterocycles. The van der Waals surface area contributed by atoms with E-state index in [1.165, 1.54) is 19.3 Å². The molecule has 1 heterocycles. The molecule has 12 heavy (non-hydrogen) atoms. The molecule has 0 aromatic rings. The Labute approximate surface area is 75.7 Å². The van der Waals surface area contributed by atoms with Crippen LogP contribution in [-0.4, -0.2) is 18.9 Å². The highest BCUT2D eigenvalue weighted by molar-refractivity contribution is 4.78. The van der Waals surface area contributed by atoms with Crippen molar-refractivity contribution in [3.05, 3.63) is 0 Å². The van der Waals surface area contributed by atoms with Crippen LogP contribution in [0.15, 0.2) is 0 Å². The van der Waals surface area contributed by atoms with Crippen molar-refractivity contribution in [1.82, 2.24) is 5.32 Å². The summed E-state index contributed by atoms with van der Waals surface area (Å²) >= 11 is 0. The Morgan fingerprint density at radius 1 is 1.33 bits per heavy atom. The number of rotatable bonds is 4. The van der Waals surface area contributed by atoms with Gasteiger partial charge >= 0.3 is 0 Å². The molecule has 1 saturated heterocycles. The predicted octanol–water partition coefficient (Wildman–Crippen LogP) is 2.15. The molecule has 0 radical (unpaired) electrons. The van der Waals surface area contributed by atoms with Gasteiger partial charge in [-0.15, -0.1) is 0 Å². The minimum atomic E-state index is 0.324. The second-order valence-electron chi connectivity index (χ2n) is 3.60. The highest BCUT2D eigenvalue weighted by Crippen LogP contribution is 2.19. The molecule has 2 unspecified atom stereocenters. The maximum absolute atomic E-state index is 5.69. The Kier molecular flexibility index (Phi) is 4.02. The van der Waals surface area contributed by atoms with Crippen LogP contribution in [0.3, 0.4) is 0 Å². The lowest BCUT2D eigenvalue weighted by Crippen LogP contribution is -2.35. The van der Waals surface area contributed by atoms with Crippen LogP contribution in [0, 0.1) is 5.92 Å². The first-order valence-corrected chi connectivity index (χ1v) is 5.19. The van der Waals surface area contributed by atoms with Crippen LogP contribution in [0.5, 0.6) is 0 Å². The summed E-state index contributed by atoms with van der Waals surface area (Å²) in [6.45, 7) is 7.57. The van der Waals surface area contributed by atoms with Gasteiger partial charge in [0.1, 0.15) is 6.23 Å². The first kappa shape index (κ1) is 10.0. The van der Waals surface area contributed by atoms with Crippen molar-refractivity contribution in [2.45, 2.75) is 52.3 Å². The average Bonchev–Trinajstić information content (AvgIpc) is 2.55. The van der Waals surface area contributed by atoms with Crippen LogP contribution < -0.4 is 5.32 Å². The summed E-state index contributed by atoms with van der Waals surface area (Å²) in [4.78, 5) is 0. The zero-order chi connectivity index (χ0) is 8.97. The molecule has 0 bridgehead atoms. The van der Waals surface area contributed by atoms with Gasteiger partial charge in [0, 0.05) is 6.04 Å². The molecule has 2 heteroatoms. The maximum Gasteiger partial charge on any atom is 0.111 e. The minimum absolute atomic E-state index is 0.324. The third-order valence-corrected chi connectivity index (χ3v) is 2.85. The first-order valence-electron chi connectivity index (χ1n) is 5.19. The van der Waals surface area contributed by atoms with Crippen LogP contribution >= 0.6 is 0 Å². The topological polar surface area (TPSA) is 21.3 Å². The van der Waals surface area contributed by atoms with Gasteiger partial charge in [-0.05, 0) is 25.2 Å². The third kappa shape index (κ3) is 2.20. The molecular weight excluding hydrogens is 150 g/mol. The number of hydrogen-bond acceptors (Lipinski definition) is 2. The van der Waals surface area contributed by atoms with Crippen molar-refractivity contribution < 1.29 is 4.74 Å². The summed E-state index contributed by atoms with van der Waals surface area (Å²) in [6, 6.07) is 0.593. The number of nitrogens with one attached hydrogen (secondary N) is 1. The molecular formula is C10H21NO. The molecule has 1 aliphatic rings. The fourth-order valence-corrected chi connectivity index (χ4v) is 1.77. The van der Waals surface area contributed by atoms with Gasteiger partial charge < -0.3 is 4.74 Å². The maximum atomic E-state index is 5.69. The van der Waals surface area contributed by atoms with E-state index in [-0.39, 0.29) is 0 Å². The monoisotopic (exact) mass is 171 g/mol. The summed E-state index contributed by atoms with van der Waals surface area (Å²) < 4.78 is 5.69. The molecule has 1 N–H and O–H groups in total. The van der Waals surface area contributed by atoms with Gasteiger partial charge in [0.05, 0.1) is 6.61 Å². The molecule has 1 rings (SSSR count). The second kappa shape index (κ2) is 4.83. The van der Waals surface area contributed by atoms with Gasteiger partial charge in [0.2, 0.25) is 0 Å². The molecule has 2 nitrogen and oxygen atoms in total. The normalized spacial score (nSPS) is 30.0. The van der Waals surface area contributed by atoms with Crippen molar-refractivity contribution in [2.75, 3.05) is 6.61 Å². The fourth-order valence-electron chi connectivity index (χ4n) is 1.77. The number of ether oxygens (including phenoxy) is 1. The molecule has 0 amide bonds. The zero-order valence-corrected chi connectivity index (χ0v) is 8.47. The van der Waals surface area contributed by atoms with Crippen LogP contribution in [-0.2, 0) is 4.74 Å². The summed E-state index contributed by atoms with van der Waals surface area (Å²) in [7, 11) is 0. The van der Waals surface area contributed by atoms with Crippen LogP contribution in [0.25, 0.3) is 0 Å². The molecule has 0 saturated carbocycles. The molecule has 72 valence electrons. The number of hydrogen-bond donors (Lipinski definition) is 1. The quantitative estimate of drug-likeness (QED) is 0.699. The lowest BCUT2D eigenvalue weighted by Gasteiger charge is -2.20. The summed E-state index contributed by atoms with van der Waals surface area (Å²) in [5.74, 6) is 0.696. The van der Waals surface area contributed by atoms with Crippen molar-refractivity contribution in [3.8, 4) is 0 Å². The van der Waals surface area contributed by atoms with Crippen LogP contribution in [0.2, 0.25) is 0 Å². The predicted molar refractivity (Wildman–Crippen MR) is 51.0 cm³/mol. The second-order valence-corrected chi connectivity index (χ2v) is 3.60. The van der Waals surface area contributed by atoms with E-state index in [1.54, 1.807) is 0 Å². The van der Waals surface area contributed by atoms with E-state index in [2.05, 4.69) is 26.1 Å². The Balaban J connectivity index is 2.34. The fraction of sp³-hybridized carbons (Fsp3) is 1.00. The van der Waals surface area contributed by atoms with E-state index in [0.717, 1.165) is 6.61 Å². The summed E-state index contributed by atoms with van der Waals surface area (Å²) in [6.07, 6.45) is 3.93. The van der Waals surface area contributed by atoms with Gasteiger partial charge in [-0.2, -0.15) is 0 Å². The van der Waals surface area contributed by atoms with Gasteiger partial charge in [-0.25, -0.2) is 0 Å². The molecule has 0 aromatic heterocycles. The van der Waals surface area contributed by atoms with E-state index in [1.807, 2.05) is 0 Å². The summed E-state index contributed by atoms with van der Waals surface area (Å²) in [5.41, 5.74) is 0. The minimum Gasteiger partial charge on any atom is -0.361 e. The van der Waals surface area contributed by atoms with E-state index >= 15 is 0 Å². The van der Waals surface area contributed by atoms with Gasteiger partial charge in [0.15, 0.2) is 0 Å². The molecule has 1 fully saturated rings. The van der Waals surface area contributed by atoms with Crippen molar-refractivity contribution >= 4 is 0 Å². The standard InChI is InChI=1S/C10H21NO/c1-4-8(5-2)10-11-9(6-3)7-12-10/h8-11H,4-7H2,1-3H3. The van der Waals surface area contributed by atoms with E-state index in [0.29, 0.717) is 18.2 Å². The smallest absolute Gasteiger partial charge is 0.111 e. The van der Waals surface area contributed by atoms with E-state index in [9.17, 15) is 0 Å². The Hall–Kier alpha value is -0.0800. The van der Waals surface area contributed by atoms with E-state index < -0.39 is 0 Å². The van der Waals surface area contributed by atoms with Gasteiger partial charge in [-0.1, -0.05) is 20.8 Å². The highest BCUT2D eigenvalue weighted by Gasteiger charge is 2.27. The van der Waals surface area contributed by atoms with Crippen molar-refractivity contribution in [1.29, 1.82) is 0 Å². The SMILES string of the molecule is CCC1COC(C(CC)CC)N1. The highest BCUT2D eigenvalue weighted by atomic mass is 16.5. The third-order valence-electron chi connectivity index (χ3n) is 2.85. The molecule has 0 aliphatic carbocycles. The Morgan fingerprint density at radius 2 is 2.00 bits per heavy atom. The lowest BCUT2D eigenvalue weighted by atomic mass is 10.0.